The molecule has 0 saturated heterocycles. The van der Waals surface area contributed by atoms with Crippen LogP contribution >= 0.6 is 23.1 Å². The molecule has 0 aliphatic heterocycles. The van der Waals surface area contributed by atoms with Crippen LogP contribution in [-0.4, -0.2) is 46.4 Å². The minimum Gasteiger partial charge on any atom is -0.455 e. The lowest BCUT2D eigenvalue weighted by Crippen LogP contribution is -2.35. The number of thioether (sulfide) groups is 1. The van der Waals surface area contributed by atoms with Gasteiger partial charge in [-0.15, -0.1) is 10.2 Å². The number of hydrogen-bond donors (Lipinski definition) is 2. The highest BCUT2D eigenvalue weighted by Crippen LogP contribution is 2.28. The molecule has 1 aliphatic rings. The van der Waals surface area contributed by atoms with Crippen LogP contribution in [0, 0.1) is 0 Å². The lowest BCUT2D eigenvalue weighted by Gasteiger charge is -2.21. The minimum absolute atomic E-state index is 0.0172. The van der Waals surface area contributed by atoms with E-state index in [0.29, 0.717) is 10.4 Å². The fourth-order valence-corrected chi connectivity index (χ4v) is 4.70. The van der Waals surface area contributed by atoms with Crippen molar-refractivity contribution >= 4 is 46.0 Å². The number of benzene rings is 1. The Morgan fingerprint density at radius 1 is 1.07 bits per heavy atom. The summed E-state index contributed by atoms with van der Waals surface area (Å²) in [4.78, 5) is 35.5. The summed E-state index contributed by atoms with van der Waals surface area (Å²) in [6, 6.07) is 9.52. The third kappa shape index (κ3) is 7.75. The molecule has 1 fully saturated rings. The second kappa shape index (κ2) is 11.7. The van der Waals surface area contributed by atoms with Gasteiger partial charge in [0.15, 0.2) is 10.9 Å². The molecule has 2 aromatic rings. The van der Waals surface area contributed by atoms with Crippen LogP contribution in [0.1, 0.15) is 37.7 Å². The van der Waals surface area contributed by atoms with Crippen molar-refractivity contribution in [2.45, 2.75) is 48.9 Å². The number of carbonyl (C=O) groups is 3. The molecular formula is C20H24N4O4S2. The van der Waals surface area contributed by atoms with Crippen molar-refractivity contribution in [3.05, 3.63) is 35.9 Å². The van der Waals surface area contributed by atoms with Gasteiger partial charge in [0.25, 0.3) is 5.91 Å². The Morgan fingerprint density at radius 3 is 2.60 bits per heavy atom. The van der Waals surface area contributed by atoms with E-state index >= 15 is 0 Å². The van der Waals surface area contributed by atoms with Crippen LogP contribution in [0.15, 0.2) is 34.7 Å². The quantitative estimate of drug-likeness (QED) is 0.445. The third-order valence-electron chi connectivity index (χ3n) is 4.50. The van der Waals surface area contributed by atoms with Gasteiger partial charge in [-0.2, -0.15) is 0 Å². The maximum atomic E-state index is 11.9. The van der Waals surface area contributed by atoms with Crippen molar-refractivity contribution in [3.63, 3.8) is 0 Å². The molecule has 0 unspecified atom stereocenters. The highest BCUT2D eigenvalue weighted by molar-refractivity contribution is 8.01. The molecule has 0 bridgehead atoms. The summed E-state index contributed by atoms with van der Waals surface area (Å²) in [6.07, 6.45) is 6.13. The van der Waals surface area contributed by atoms with Crippen LogP contribution in [0.5, 0.6) is 0 Å². The summed E-state index contributed by atoms with van der Waals surface area (Å²) in [6.45, 7) is -0.496. The molecule has 10 heteroatoms. The molecule has 8 nitrogen and oxygen atoms in total. The summed E-state index contributed by atoms with van der Waals surface area (Å²) in [5.74, 6) is -1.63. The Kier molecular flexibility index (Phi) is 8.64. The minimum atomic E-state index is -0.649. The summed E-state index contributed by atoms with van der Waals surface area (Å²) < 4.78 is 5.58. The molecule has 160 valence electrons. The molecule has 1 aromatic heterocycles. The molecule has 0 atom stereocenters. The molecule has 0 spiro atoms. The average molecular weight is 449 g/mol. The first kappa shape index (κ1) is 22.2. The number of imide groups is 1. The summed E-state index contributed by atoms with van der Waals surface area (Å²) >= 11 is 2.61. The molecule has 1 aromatic carbocycles. The van der Waals surface area contributed by atoms with E-state index in [2.05, 4.69) is 20.8 Å². The number of carbonyl (C=O) groups excluding carboxylic acids is 3. The summed E-state index contributed by atoms with van der Waals surface area (Å²) in [7, 11) is 0. The van der Waals surface area contributed by atoms with Crippen molar-refractivity contribution in [2.75, 3.05) is 17.7 Å². The Labute approximate surface area is 183 Å². The van der Waals surface area contributed by atoms with E-state index in [0.717, 1.165) is 23.5 Å². The molecule has 3 rings (SSSR count). The van der Waals surface area contributed by atoms with Crippen LogP contribution in [0.25, 0.3) is 0 Å². The van der Waals surface area contributed by atoms with E-state index in [9.17, 15) is 14.4 Å². The highest BCUT2D eigenvalue weighted by atomic mass is 32.2. The van der Waals surface area contributed by atoms with Gasteiger partial charge in [0.2, 0.25) is 11.0 Å². The molecular weight excluding hydrogens is 424 g/mol. The van der Waals surface area contributed by atoms with E-state index < -0.39 is 24.4 Å². The summed E-state index contributed by atoms with van der Waals surface area (Å²) in [5, 5.41) is 14.5. The predicted octanol–water partition coefficient (Wildman–Crippen LogP) is 2.80. The Morgan fingerprint density at radius 2 is 1.83 bits per heavy atom. The van der Waals surface area contributed by atoms with Gasteiger partial charge in [0.1, 0.15) is 0 Å². The standard InChI is InChI=1S/C20H24N4O4S2/c25-16(11-14-7-3-1-4-8-14)22-17(26)12-28-18(27)13-29-20-24-23-19(30-20)21-15-9-5-2-6-10-15/h1,3-4,7-8,15H,2,5-6,9-13H2,(H,21,23)(H,22,25,26). The Hall–Kier alpha value is -2.46. The second-order valence-electron chi connectivity index (χ2n) is 6.94. The fourth-order valence-electron chi connectivity index (χ4n) is 3.07. The van der Waals surface area contributed by atoms with Crippen LogP contribution < -0.4 is 10.6 Å². The fraction of sp³-hybridized carbons (Fsp3) is 0.450. The molecule has 30 heavy (non-hydrogen) atoms. The van der Waals surface area contributed by atoms with Gasteiger partial charge in [-0.1, -0.05) is 72.7 Å². The van der Waals surface area contributed by atoms with Gasteiger partial charge in [0, 0.05) is 6.04 Å². The zero-order chi connectivity index (χ0) is 21.2. The van der Waals surface area contributed by atoms with Gasteiger partial charge in [0.05, 0.1) is 12.2 Å². The molecule has 1 heterocycles. The molecule has 1 saturated carbocycles. The number of amides is 2. The number of nitrogens with one attached hydrogen (secondary N) is 2. The SMILES string of the molecule is O=C(COC(=O)CSc1nnc(NC2CCCCC2)s1)NC(=O)Cc1ccccc1. The first-order valence-corrected chi connectivity index (χ1v) is 11.6. The van der Waals surface area contributed by atoms with E-state index in [1.807, 2.05) is 18.2 Å². The maximum absolute atomic E-state index is 11.9. The van der Waals surface area contributed by atoms with Crippen LogP contribution in [0.3, 0.4) is 0 Å². The lowest BCUT2D eigenvalue weighted by atomic mass is 9.96. The zero-order valence-corrected chi connectivity index (χ0v) is 18.1. The van der Waals surface area contributed by atoms with Crippen molar-refractivity contribution in [3.8, 4) is 0 Å². The normalized spacial score (nSPS) is 14.1. The molecule has 0 radical (unpaired) electrons. The number of hydrogen-bond acceptors (Lipinski definition) is 9. The molecule has 2 amide bonds. The number of aromatic nitrogens is 2. The van der Waals surface area contributed by atoms with Crippen molar-refractivity contribution in [1.82, 2.24) is 15.5 Å². The topological polar surface area (TPSA) is 110 Å². The Balaban J connectivity index is 1.31. The first-order chi connectivity index (χ1) is 14.6. The monoisotopic (exact) mass is 448 g/mol. The van der Waals surface area contributed by atoms with Gasteiger partial charge in [-0.3, -0.25) is 19.7 Å². The highest BCUT2D eigenvalue weighted by Gasteiger charge is 2.16. The van der Waals surface area contributed by atoms with Gasteiger partial charge in [-0.05, 0) is 18.4 Å². The number of nitrogens with zero attached hydrogens (tertiary/aromatic N) is 2. The first-order valence-electron chi connectivity index (χ1n) is 9.83. The Bertz CT molecular complexity index is 854. The van der Waals surface area contributed by atoms with E-state index in [4.69, 9.17) is 4.74 Å². The predicted molar refractivity (Wildman–Crippen MR) is 115 cm³/mol. The van der Waals surface area contributed by atoms with Crippen LogP contribution in [0.2, 0.25) is 0 Å². The number of ether oxygens (including phenoxy) is 1. The second-order valence-corrected chi connectivity index (χ2v) is 9.14. The maximum Gasteiger partial charge on any atom is 0.316 e. The van der Waals surface area contributed by atoms with Gasteiger partial charge < -0.3 is 10.1 Å². The number of anilines is 1. The molecule has 2 N–H and O–H groups in total. The smallest absolute Gasteiger partial charge is 0.316 e. The van der Waals surface area contributed by atoms with Crippen molar-refractivity contribution < 1.29 is 19.1 Å². The average Bonchev–Trinajstić information content (AvgIpc) is 3.19. The third-order valence-corrected chi connectivity index (χ3v) is 6.46. The van der Waals surface area contributed by atoms with Crippen LogP contribution in [0.4, 0.5) is 5.13 Å². The van der Waals surface area contributed by atoms with Crippen molar-refractivity contribution in [2.24, 2.45) is 0 Å². The lowest BCUT2D eigenvalue weighted by molar-refractivity contribution is -0.147. The van der Waals surface area contributed by atoms with Crippen molar-refractivity contribution in [1.29, 1.82) is 0 Å². The largest absolute Gasteiger partial charge is 0.455 e. The van der Waals surface area contributed by atoms with Crippen LogP contribution in [-0.2, 0) is 25.5 Å². The van der Waals surface area contributed by atoms with E-state index in [1.165, 1.54) is 42.4 Å². The number of rotatable bonds is 9. The molecule has 1 aliphatic carbocycles. The van der Waals surface area contributed by atoms with Gasteiger partial charge >= 0.3 is 5.97 Å². The van der Waals surface area contributed by atoms with Gasteiger partial charge in [-0.25, -0.2) is 0 Å². The zero-order valence-electron chi connectivity index (χ0n) is 16.5. The van der Waals surface area contributed by atoms with E-state index in [-0.39, 0.29) is 12.2 Å². The van der Waals surface area contributed by atoms with E-state index in [1.54, 1.807) is 12.1 Å². The summed E-state index contributed by atoms with van der Waals surface area (Å²) in [5.41, 5.74) is 0.797. The number of esters is 1.